The highest BCUT2D eigenvalue weighted by Gasteiger charge is 2.15. The van der Waals surface area contributed by atoms with Crippen LogP contribution in [0.3, 0.4) is 0 Å². The monoisotopic (exact) mass is 352 g/mol. The van der Waals surface area contributed by atoms with Gasteiger partial charge in [0, 0.05) is 29.3 Å². The minimum absolute atomic E-state index is 0.160. The summed E-state index contributed by atoms with van der Waals surface area (Å²) >= 11 is 0. The Morgan fingerprint density at radius 2 is 1.85 bits per heavy atom. The van der Waals surface area contributed by atoms with Crippen molar-refractivity contribution in [3.63, 3.8) is 0 Å². The number of rotatable bonds is 2. The molecule has 0 spiro atoms. The molecule has 0 aliphatic heterocycles. The first-order chi connectivity index (χ1) is 12.5. The molecule has 0 saturated carbocycles. The van der Waals surface area contributed by atoms with E-state index < -0.39 is 11.6 Å². The first-order valence-corrected chi connectivity index (χ1v) is 8.00. The number of hydrogen-bond acceptors (Lipinski definition) is 3. The van der Waals surface area contributed by atoms with Crippen molar-refractivity contribution >= 4 is 10.9 Å². The molecule has 0 aliphatic rings. The largest absolute Gasteiger partial charge is 0.361 e. The van der Waals surface area contributed by atoms with Gasteiger partial charge >= 0.3 is 0 Å². The van der Waals surface area contributed by atoms with Crippen molar-refractivity contribution in [2.75, 3.05) is 0 Å². The van der Waals surface area contributed by atoms with Crippen LogP contribution in [0.5, 0.6) is 0 Å². The van der Waals surface area contributed by atoms with Crippen LogP contribution >= 0.6 is 0 Å². The lowest BCUT2D eigenvalue weighted by atomic mass is 10.0. The van der Waals surface area contributed by atoms with Gasteiger partial charge in [-0.25, -0.2) is 8.78 Å². The Balaban J connectivity index is 2.04. The Morgan fingerprint density at radius 3 is 2.54 bits per heavy atom. The average Bonchev–Trinajstić information content (AvgIpc) is 2.94. The Morgan fingerprint density at radius 1 is 1.04 bits per heavy atom. The minimum Gasteiger partial charge on any atom is -0.361 e. The molecule has 26 heavy (non-hydrogen) atoms. The van der Waals surface area contributed by atoms with Gasteiger partial charge in [-0.1, -0.05) is 11.2 Å². The molecule has 0 atom stereocenters. The lowest BCUT2D eigenvalue weighted by molar-refractivity contribution is 0.393. The summed E-state index contributed by atoms with van der Waals surface area (Å²) in [6.45, 7) is 3.63. The summed E-state index contributed by atoms with van der Waals surface area (Å²) in [6, 6.07) is 9.99. The lowest BCUT2D eigenvalue weighted by Crippen LogP contribution is -2.08. The van der Waals surface area contributed by atoms with Crippen molar-refractivity contribution in [2.24, 2.45) is 0 Å². The third-order valence-corrected chi connectivity index (χ3v) is 4.39. The van der Waals surface area contributed by atoms with Crippen LogP contribution in [0.25, 0.3) is 27.7 Å². The molecule has 4 rings (SSSR count). The minimum atomic E-state index is -0.710. The Labute approximate surface area is 147 Å². The van der Waals surface area contributed by atoms with Crippen molar-refractivity contribution in [1.82, 2.24) is 9.72 Å². The van der Waals surface area contributed by atoms with Crippen molar-refractivity contribution in [1.29, 1.82) is 0 Å². The van der Waals surface area contributed by atoms with Gasteiger partial charge in [-0.15, -0.1) is 0 Å². The van der Waals surface area contributed by atoms with Crippen LogP contribution in [-0.4, -0.2) is 9.72 Å². The zero-order chi connectivity index (χ0) is 18.4. The van der Waals surface area contributed by atoms with Crippen molar-refractivity contribution < 1.29 is 13.3 Å². The molecule has 4 nitrogen and oxygen atoms in total. The Kier molecular flexibility index (Phi) is 3.68. The van der Waals surface area contributed by atoms with E-state index in [1.165, 1.54) is 29.0 Å². The van der Waals surface area contributed by atoms with E-state index in [-0.39, 0.29) is 11.1 Å². The van der Waals surface area contributed by atoms with E-state index in [1.54, 1.807) is 19.1 Å². The van der Waals surface area contributed by atoms with Crippen LogP contribution < -0.4 is 5.43 Å². The fourth-order valence-electron chi connectivity index (χ4n) is 3.19. The topological polar surface area (TPSA) is 48.0 Å². The third-order valence-electron chi connectivity index (χ3n) is 4.39. The molecule has 0 unspecified atom stereocenters. The fraction of sp³-hybridized carbons (Fsp3) is 0.100. The summed E-state index contributed by atoms with van der Waals surface area (Å²) in [6.07, 6.45) is 1.48. The second-order valence-electron chi connectivity index (χ2n) is 6.08. The van der Waals surface area contributed by atoms with Gasteiger partial charge in [-0.2, -0.15) is 0 Å². The standard InChI is InChI=1S/C20H14F2N2O2/c1-11-20(12(2)26-23-11)13-3-5-15-18(9-13)24(8-7-19(15)25)17-6-4-14(21)10-16(17)22/h3-10H,1-2H3. The number of pyridine rings is 1. The Hall–Kier alpha value is -3.28. The van der Waals surface area contributed by atoms with E-state index >= 15 is 0 Å². The molecule has 0 amide bonds. The summed E-state index contributed by atoms with van der Waals surface area (Å²) in [5.74, 6) is -0.717. The van der Waals surface area contributed by atoms with Crippen molar-refractivity contribution in [2.45, 2.75) is 13.8 Å². The molecule has 4 aromatic rings. The van der Waals surface area contributed by atoms with Crippen LogP contribution in [0.15, 0.2) is 58.0 Å². The molecule has 0 radical (unpaired) electrons. The summed E-state index contributed by atoms with van der Waals surface area (Å²) in [5, 5.41) is 4.39. The molecule has 2 aromatic carbocycles. The zero-order valence-electron chi connectivity index (χ0n) is 14.1. The highest BCUT2D eigenvalue weighted by atomic mass is 19.1. The number of nitrogens with zero attached hydrogens (tertiary/aromatic N) is 2. The maximum Gasteiger partial charge on any atom is 0.189 e. The predicted molar refractivity (Wildman–Crippen MR) is 94.4 cm³/mol. The van der Waals surface area contributed by atoms with E-state index in [9.17, 15) is 13.6 Å². The van der Waals surface area contributed by atoms with Gasteiger partial charge in [0.2, 0.25) is 0 Å². The Bertz CT molecular complexity index is 1190. The normalized spacial score (nSPS) is 11.2. The van der Waals surface area contributed by atoms with Crippen molar-refractivity contribution in [3.05, 3.63) is 82.0 Å². The number of aromatic nitrogens is 2. The molecule has 0 aliphatic carbocycles. The van der Waals surface area contributed by atoms with Gasteiger partial charge in [0.05, 0.1) is 16.9 Å². The van der Waals surface area contributed by atoms with Crippen LogP contribution in [0.4, 0.5) is 8.78 Å². The SMILES string of the molecule is Cc1noc(C)c1-c1ccc2c(=O)ccn(-c3ccc(F)cc3F)c2c1. The molecule has 130 valence electrons. The van der Waals surface area contributed by atoms with Crippen LogP contribution in [0.1, 0.15) is 11.5 Å². The van der Waals surface area contributed by atoms with Crippen LogP contribution in [0, 0.1) is 25.5 Å². The molecule has 2 heterocycles. The summed E-state index contributed by atoms with van der Waals surface area (Å²) in [7, 11) is 0. The first kappa shape index (κ1) is 16.2. The molecule has 0 saturated heterocycles. The molecular formula is C20H14F2N2O2. The van der Waals surface area contributed by atoms with Crippen LogP contribution in [0.2, 0.25) is 0 Å². The molecular weight excluding hydrogens is 338 g/mol. The van der Waals surface area contributed by atoms with Gasteiger partial charge in [-0.3, -0.25) is 4.79 Å². The molecule has 2 aromatic heterocycles. The smallest absolute Gasteiger partial charge is 0.189 e. The van der Waals surface area contributed by atoms with Gasteiger partial charge in [0.15, 0.2) is 5.43 Å². The average molecular weight is 352 g/mol. The summed E-state index contributed by atoms with van der Waals surface area (Å²) in [5.41, 5.74) is 2.85. The van der Waals surface area contributed by atoms with Crippen molar-refractivity contribution in [3.8, 4) is 16.8 Å². The van der Waals surface area contributed by atoms with Gasteiger partial charge in [-0.05, 0) is 43.7 Å². The van der Waals surface area contributed by atoms with E-state index in [2.05, 4.69) is 5.16 Å². The second kappa shape index (κ2) is 5.91. The summed E-state index contributed by atoms with van der Waals surface area (Å²) in [4.78, 5) is 12.2. The third kappa shape index (κ3) is 2.50. The quantitative estimate of drug-likeness (QED) is 0.532. The fourth-order valence-corrected chi connectivity index (χ4v) is 3.19. The van der Waals surface area contributed by atoms with E-state index in [0.717, 1.165) is 22.9 Å². The van der Waals surface area contributed by atoms with Gasteiger partial charge in [0.25, 0.3) is 0 Å². The second-order valence-corrected chi connectivity index (χ2v) is 6.08. The maximum atomic E-state index is 14.3. The highest BCUT2D eigenvalue weighted by molar-refractivity contribution is 5.86. The summed E-state index contributed by atoms with van der Waals surface area (Å²) < 4.78 is 34.3. The number of hydrogen-bond donors (Lipinski definition) is 0. The van der Waals surface area contributed by atoms with E-state index in [4.69, 9.17) is 4.52 Å². The highest BCUT2D eigenvalue weighted by Crippen LogP contribution is 2.30. The van der Waals surface area contributed by atoms with Crippen LogP contribution in [-0.2, 0) is 0 Å². The number of fused-ring (bicyclic) bond motifs is 1. The number of benzene rings is 2. The maximum absolute atomic E-state index is 14.3. The first-order valence-electron chi connectivity index (χ1n) is 8.00. The molecule has 0 N–H and O–H groups in total. The van der Waals surface area contributed by atoms with Gasteiger partial charge in [0.1, 0.15) is 17.4 Å². The van der Waals surface area contributed by atoms with E-state index in [0.29, 0.717) is 16.7 Å². The molecule has 0 bridgehead atoms. The number of aryl methyl sites for hydroxylation is 2. The van der Waals surface area contributed by atoms with Gasteiger partial charge < -0.3 is 9.09 Å². The zero-order valence-corrected chi connectivity index (χ0v) is 14.1. The molecule has 0 fully saturated rings. The predicted octanol–water partition coefficient (Wildman–Crippen LogP) is 4.54. The molecule has 6 heteroatoms. The number of halogens is 2. The lowest BCUT2D eigenvalue weighted by Gasteiger charge is -2.13. The van der Waals surface area contributed by atoms with E-state index in [1.807, 2.05) is 13.0 Å².